The summed E-state index contributed by atoms with van der Waals surface area (Å²) in [7, 11) is -3.73. The van der Waals surface area contributed by atoms with E-state index in [0.717, 1.165) is 50.9 Å². The van der Waals surface area contributed by atoms with Crippen LogP contribution in [0, 0.1) is 10.5 Å². The predicted octanol–water partition coefficient (Wildman–Crippen LogP) is 4.23. The highest BCUT2D eigenvalue weighted by molar-refractivity contribution is 14.1. The van der Waals surface area contributed by atoms with Crippen LogP contribution in [0.4, 0.5) is 5.69 Å². The first-order chi connectivity index (χ1) is 16.6. The lowest BCUT2D eigenvalue weighted by molar-refractivity contribution is -0.140. The maximum Gasteiger partial charge on any atom is 0.244 e. The van der Waals surface area contributed by atoms with Gasteiger partial charge in [0.2, 0.25) is 21.8 Å². The van der Waals surface area contributed by atoms with E-state index in [1.165, 1.54) is 4.90 Å². The van der Waals surface area contributed by atoms with Crippen molar-refractivity contribution >= 4 is 50.1 Å². The standard InChI is InChI=1S/C26H34IN3O4S/c1-4-24(26(32)28-22-7-5-6-8-22)29(17-20-11-9-19(2)10-12-20)25(31)18-30(35(3,33)34)23-15-13-21(27)14-16-23/h9-16,22,24H,4-8,17-18H2,1-3H3,(H,28,32)/t24-/m0/s1. The number of nitrogens with one attached hydrogen (secondary N) is 1. The van der Waals surface area contributed by atoms with E-state index in [0.29, 0.717) is 12.1 Å². The van der Waals surface area contributed by atoms with Crippen LogP contribution in [0.3, 0.4) is 0 Å². The van der Waals surface area contributed by atoms with Gasteiger partial charge in [0.1, 0.15) is 12.6 Å². The van der Waals surface area contributed by atoms with Gasteiger partial charge >= 0.3 is 0 Å². The van der Waals surface area contributed by atoms with Gasteiger partial charge in [0.05, 0.1) is 11.9 Å². The highest BCUT2D eigenvalue weighted by Gasteiger charge is 2.33. The number of rotatable bonds is 10. The second-order valence-electron chi connectivity index (χ2n) is 9.17. The molecule has 0 aromatic heterocycles. The van der Waals surface area contributed by atoms with Crippen LogP contribution in [-0.2, 0) is 26.2 Å². The minimum atomic E-state index is -3.73. The third-order valence-electron chi connectivity index (χ3n) is 6.35. The van der Waals surface area contributed by atoms with Crippen molar-refractivity contribution in [2.75, 3.05) is 17.1 Å². The Morgan fingerprint density at radius 1 is 1.06 bits per heavy atom. The van der Waals surface area contributed by atoms with Crippen molar-refractivity contribution in [3.63, 3.8) is 0 Å². The fourth-order valence-corrected chi connectivity index (χ4v) is 5.61. The fraction of sp³-hybridized carbons (Fsp3) is 0.462. The molecule has 1 aliphatic carbocycles. The van der Waals surface area contributed by atoms with Crippen molar-refractivity contribution in [1.29, 1.82) is 0 Å². The van der Waals surface area contributed by atoms with E-state index < -0.39 is 22.0 Å². The number of anilines is 1. The van der Waals surface area contributed by atoms with E-state index in [9.17, 15) is 18.0 Å². The number of benzene rings is 2. The molecule has 0 aliphatic heterocycles. The van der Waals surface area contributed by atoms with Crippen molar-refractivity contribution in [1.82, 2.24) is 10.2 Å². The van der Waals surface area contributed by atoms with E-state index in [1.54, 1.807) is 24.3 Å². The minimum absolute atomic E-state index is 0.132. The molecule has 1 aliphatic rings. The van der Waals surface area contributed by atoms with Gasteiger partial charge in [-0.25, -0.2) is 8.42 Å². The first kappa shape index (κ1) is 27.4. The molecular weight excluding hydrogens is 577 g/mol. The summed E-state index contributed by atoms with van der Waals surface area (Å²) in [5.41, 5.74) is 2.40. The molecule has 0 unspecified atom stereocenters. The average molecular weight is 612 g/mol. The summed E-state index contributed by atoms with van der Waals surface area (Å²) in [6.07, 6.45) is 5.59. The van der Waals surface area contributed by atoms with Crippen LogP contribution in [0.5, 0.6) is 0 Å². The zero-order chi connectivity index (χ0) is 25.6. The number of hydrogen-bond acceptors (Lipinski definition) is 4. The van der Waals surface area contributed by atoms with E-state index in [4.69, 9.17) is 0 Å². The van der Waals surface area contributed by atoms with Crippen molar-refractivity contribution in [2.45, 2.75) is 64.6 Å². The summed E-state index contributed by atoms with van der Waals surface area (Å²) < 4.78 is 27.4. The van der Waals surface area contributed by atoms with E-state index >= 15 is 0 Å². The molecule has 9 heteroatoms. The fourth-order valence-electron chi connectivity index (χ4n) is 4.40. The third-order valence-corrected chi connectivity index (χ3v) is 8.21. The topological polar surface area (TPSA) is 86.8 Å². The number of sulfonamides is 1. The molecule has 1 N–H and O–H groups in total. The summed E-state index contributed by atoms with van der Waals surface area (Å²) in [6.45, 7) is 3.71. The first-order valence-corrected chi connectivity index (χ1v) is 14.9. The van der Waals surface area contributed by atoms with Crippen LogP contribution in [0.2, 0.25) is 0 Å². The maximum absolute atomic E-state index is 13.7. The van der Waals surface area contributed by atoms with Crippen molar-refractivity contribution in [2.24, 2.45) is 0 Å². The van der Waals surface area contributed by atoms with Gasteiger partial charge in [0.25, 0.3) is 0 Å². The molecule has 2 aromatic rings. The van der Waals surface area contributed by atoms with Gasteiger partial charge < -0.3 is 10.2 Å². The second kappa shape index (κ2) is 12.2. The average Bonchev–Trinajstić information content (AvgIpc) is 3.31. The molecule has 1 saturated carbocycles. The van der Waals surface area contributed by atoms with Crippen LogP contribution in [-0.4, -0.2) is 50.0 Å². The molecule has 0 spiro atoms. The molecule has 190 valence electrons. The highest BCUT2D eigenvalue weighted by Crippen LogP contribution is 2.22. The highest BCUT2D eigenvalue weighted by atomic mass is 127. The van der Waals surface area contributed by atoms with Gasteiger partial charge in [0, 0.05) is 16.2 Å². The molecule has 0 bridgehead atoms. The van der Waals surface area contributed by atoms with Crippen molar-refractivity contribution in [3.8, 4) is 0 Å². The molecule has 2 amide bonds. The van der Waals surface area contributed by atoms with E-state index in [2.05, 4.69) is 27.9 Å². The van der Waals surface area contributed by atoms with Crippen LogP contribution >= 0.6 is 22.6 Å². The molecule has 1 atom stereocenters. The Morgan fingerprint density at radius 3 is 2.20 bits per heavy atom. The largest absolute Gasteiger partial charge is 0.352 e. The summed E-state index contributed by atoms with van der Waals surface area (Å²) in [6, 6.07) is 14.2. The molecule has 3 rings (SSSR count). The van der Waals surface area contributed by atoms with Crippen LogP contribution in [0.25, 0.3) is 0 Å². The Hall–Kier alpha value is -2.14. The maximum atomic E-state index is 13.7. The Bertz CT molecular complexity index is 1110. The summed E-state index contributed by atoms with van der Waals surface area (Å²) in [4.78, 5) is 28.5. The molecule has 0 radical (unpaired) electrons. The quantitative estimate of drug-likeness (QED) is 0.408. The van der Waals surface area contributed by atoms with Crippen molar-refractivity contribution < 1.29 is 18.0 Å². The summed E-state index contributed by atoms with van der Waals surface area (Å²) in [5, 5.41) is 3.12. The number of carbonyl (C=O) groups is 2. The molecule has 0 saturated heterocycles. The van der Waals surface area contributed by atoms with Gasteiger partial charge in [0.15, 0.2) is 0 Å². The Labute approximate surface area is 222 Å². The van der Waals surface area contributed by atoms with Crippen molar-refractivity contribution in [3.05, 3.63) is 63.2 Å². The van der Waals surface area contributed by atoms with Gasteiger partial charge in [-0.3, -0.25) is 13.9 Å². The first-order valence-electron chi connectivity index (χ1n) is 12.0. The summed E-state index contributed by atoms with van der Waals surface area (Å²) in [5.74, 6) is -0.594. The summed E-state index contributed by atoms with van der Waals surface area (Å²) >= 11 is 2.14. The molecule has 0 heterocycles. The second-order valence-corrected chi connectivity index (χ2v) is 12.3. The lowest BCUT2D eigenvalue weighted by Crippen LogP contribution is -2.53. The molecular formula is C26H34IN3O4S. The SMILES string of the molecule is CC[C@@H](C(=O)NC1CCCC1)N(Cc1ccc(C)cc1)C(=O)CN(c1ccc(I)cc1)S(C)(=O)=O. The van der Waals surface area contributed by atoms with Gasteiger partial charge in [-0.05, 0) is 78.6 Å². The smallest absolute Gasteiger partial charge is 0.244 e. The number of aryl methyl sites for hydroxylation is 1. The Morgan fingerprint density at radius 2 is 1.66 bits per heavy atom. The lowest BCUT2D eigenvalue weighted by Gasteiger charge is -2.33. The van der Waals surface area contributed by atoms with Gasteiger partial charge in [-0.2, -0.15) is 0 Å². The molecule has 1 fully saturated rings. The zero-order valence-electron chi connectivity index (χ0n) is 20.5. The monoisotopic (exact) mass is 611 g/mol. The van der Waals surface area contributed by atoms with E-state index in [1.807, 2.05) is 38.1 Å². The minimum Gasteiger partial charge on any atom is -0.352 e. The number of nitrogens with zero attached hydrogens (tertiary/aromatic N) is 2. The third kappa shape index (κ3) is 7.67. The number of hydrogen-bond donors (Lipinski definition) is 1. The lowest BCUT2D eigenvalue weighted by atomic mass is 10.1. The van der Waals surface area contributed by atoms with E-state index in [-0.39, 0.29) is 25.0 Å². The van der Waals surface area contributed by atoms with Crippen LogP contribution < -0.4 is 9.62 Å². The normalized spacial score (nSPS) is 15.0. The number of amides is 2. The molecule has 7 nitrogen and oxygen atoms in total. The molecule has 35 heavy (non-hydrogen) atoms. The number of halogens is 1. The Kier molecular flexibility index (Phi) is 9.57. The predicted molar refractivity (Wildman–Crippen MR) is 148 cm³/mol. The van der Waals surface area contributed by atoms with Gasteiger partial charge in [-0.1, -0.05) is 49.6 Å². The number of carbonyl (C=O) groups excluding carboxylic acids is 2. The van der Waals surface area contributed by atoms with Gasteiger partial charge in [-0.15, -0.1) is 0 Å². The molecule has 2 aromatic carbocycles. The Balaban J connectivity index is 1.90. The van der Waals surface area contributed by atoms with Crippen LogP contribution in [0.15, 0.2) is 48.5 Å². The van der Waals surface area contributed by atoms with Crippen LogP contribution in [0.1, 0.15) is 50.2 Å². The zero-order valence-corrected chi connectivity index (χ0v) is 23.5.